The molecule has 30 heavy (non-hydrogen) atoms. The van der Waals surface area contributed by atoms with E-state index < -0.39 is 5.60 Å². The molecule has 0 unspecified atom stereocenters. The Labute approximate surface area is 180 Å². The van der Waals surface area contributed by atoms with E-state index in [1.54, 1.807) is 0 Å². The van der Waals surface area contributed by atoms with Crippen molar-refractivity contribution in [2.24, 2.45) is 46.8 Å². The highest BCUT2D eigenvalue weighted by Crippen LogP contribution is 2.66. The van der Waals surface area contributed by atoms with Crippen LogP contribution in [0, 0.1) is 46.8 Å². The van der Waals surface area contributed by atoms with Gasteiger partial charge >= 0.3 is 0 Å². The van der Waals surface area contributed by atoms with Gasteiger partial charge in [-0.15, -0.1) is 10.2 Å². The van der Waals surface area contributed by atoms with Crippen molar-refractivity contribution in [1.82, 2.24) is 20.2 Å². The van der Waals surface area contributed by atoms with Crippen molar-refractivity contribution >= 4 is 5.78 Å². The molecular formula is C24H38N4O2. The first-order valence-corrected chi connectivity index (χ1v) is 12.3. The van der Waals surface area contributed by atoms with Gasteiger partial charge in [-0.05, 0) is 104 Å². The van der Waals surface area contributed by atoms with Crippen molar-refractivity contribution < 1.29 is 9.90 Å². The summed E-state index contributed by atoms with van der Waals surface area (Å²) in [6.45, 7) is 7.05. The van der Waals surface area contributed by atoms with Crippen molar-refractivity contribution in [3.63, 3.8) is 0 Å². The zero-order valence-electron chi connectivity index (χ0n) is 18.8. The minimum atomic E-state index is -0.455. The standard InChI is InChI=1S/C24H38N4O2/c1-4-15-11-20(21(29)13-28-26-14-25-27-28)24(3)10-8-18-17-7-9-23(2,30)12-16(17)5-6-19(18)22(15)24/h14-20,22,30H,4-13H2,1-3H3/t15-,16-,17+,18-,19-,20-,22+,23-,24-/m1/s1. The van der Waals surface area contributed by atoms with Gasteiger partial charge in [0.15, 0.2) is 12.1 Å². The second kappa shape index (κ2) is 7.39. The van der Waals surface area contributed by atoms with E-state index in [0.717, 1.165) is 37.0 Å². The largest absolute Gasteiger partial charge is 0.390 e. The predicted octanol–water partition coefficient (Wildman–Crippen LogP) is 3.90. The quantitative estimate of drug-likeness (QED) is 0.808. The first-order valence-electron chi connectivity index (χ1n) is 12.3. The third kappa shape index (κ3) is 3.25. The highest BCUT2D eigenvalue weighted by molar-refractivity contribution is 5.82. The fourth-order valence-electron chi connectivity index (χ4n) is 8.80. The fourth-order valence-corrected chi connectivity index (χ4v) is 8.80. The smallest absolute Gasteiger partial charge is 0.162 e. The Hall–Kier alpha value is -1.30. The monoisotopic (exact) mass is 414 g/mol. The van der Waals surface area contributed by atoms with Crippen LogP contribution in [0.4, 0.5) is 0 Å². The van der Waals surface area contributed by atoms with Crippen LogP contribution >= 0.6 is 0 Å². The van der Waals surface area contributed by atoms with E-state index >= 15 is 0 Å². The highest BCUT2D eigenvalue weighted by Gasteiger charge is 2.61. The maximum Gasteiger partial charge on any atom is 0.162 e. The lowest BCUT2D eigenvalue weighted by molar-refractivity contribution is -0.134. The van der Waals surface area contributed by atoms with Gasteiger partial charge in [0.1, 0.15) is 6.54 Å². The van der Waals surface area contributed by atoms with E-state index in [-0.39, 0.29) is 17.9 Å². The number of Topliss-reactive ketones (excluding diaryl/α,β-unsaturated/α-hetero) is 1. The van der Waals surface area contributed by atoms with E-state index in [1.165, 1.54) is 49.6 Å². The van der Waals surface area contributed by atoms with Crippen LogP contribution in [0.15, 0.2) is 6.33 Å². The molecule has 6 heteroatoms. The summed E-state index contributed by atoms with van der Waals surface area (Å²) in [5, 5.41) is 22.4. The number of aromatic nitrogens is 4. The number of rotatable bonds is 4. The summed E-state index contributed by atoms with van der Waals surface area (Å²) in [7, 11) is 0. The zero-order valence-corrected chi connectivity index (χ0v) is 18.8. The molecule has 4 aliphatic rings. The molecule has 0 amide bonds. The average molecular weight is 415 g/mol. The van der Waals surface area contributed by atoms with Crippen molar-refractivity contribution in [3.05, 3.63) is 6.33 Å². The summed E-state index contributed by atoms with van der Waals surface area (Å²) in [4.78, 5) is 14.8. The van der Waals surface area contributed by atoms with Gasteiger partial charge in [0.25, 0.3) is 0 Å². The van der Waals surface area contributed by atoms with Crippen molar-refractivity contribution in [1.29, 1.82) is 0 Å². The lowest BCUT2D eigenvalue weighted by Gasteiger charge is -2.57. The molecule has 9 atom stereocenters. The predicted molar refractivity (Wildman–Crippen MR) is 113 cm³/mol. The second-order valence-corrected chi connectivity index (χ2v) is 11.5. The van der Waals surface area contributed by atoms with Crippen molar-refractivity contribution in [3.8, 4) is 0 Å². The summed E-state index contributed by atoms with van der Waals surface area (Å²) in [5.74, 6) is 4.82. The first-order chi connectivity index (χ1) is 14.3. The Morgan fingerprint density at radius 3 is 2.67 bits per heavy atom. The summed E-state index contributed by atoms with van der Waals surface area (Å²) in [6, 6.07) is 0. The van der Waals surface area contributed by atoms with Crippen LogP contribution in [0.5, 0.6) is 0 Å². The molecule has 166 valence electrons. The Bertz CT molecular complexity index is 778. The Morgan fingerprint density at radius 1 is 1.13 bits per heavy atom. The molecule has 0 saturated heterocycles. The number of ketones is 1. The van der Waals surface area contributed by atoms with Crippen LogP contribution in [0.25, 0.3) is 0 Å². The molecule has 0 radical (unpaired) electrons. The number of aliphatic hydroxyl groups is 1. The summed E-state index contributed by atoms with van der Waals surface area (Å²) < 4.78 is 0. The third-order valence-corrected chi connectivity index (χ3v) is 9.98. The summed E-state index contributed by atoms with van der Waals surface area (Å²) in [6.07, 6.45) is 11.8. The second-order valence-electron chi connectivity index (χ2n) is 11.5. The molecule has 5 rings (SSSR count). The minimum absolute atomic E-state index is 0.118. The number of carbonyl (C=O) groups excluding carboxylic acids is 1. The molecule has 1 aromatic rings. The first kappa shape index (κ1) is 20.6. The molecule has 1 N–H and O–H groups in total. The van der Waals surface area contributed by atoms with E-state index in [2.05, 4.69) is 29.3 Å². The van der Waals surface area contributed by atoms with Gasteiger partial charge in [-0.1, -0.05) is 20.3 Å². The molecule has 1 aromatic heterocycles. The van der Waals surface area contributed by atoms with Crippen LogP contribution in [-0.4, -0.2) is 36.7 Å². The number of hydrogen-bond acceptors (Lipinski definition) is 5. The lowest BCUT2D eigenvalue weighted by atomic mass is 9.48. The normalized spacial score (nSPS) is 47.9. The molecule has 0 spiro atoms. The molecule has 0 aliphatic heterocycles. The average Bonchev–Trinajstić information content (AvgIpc) is 3.31. The number of carbonyl (C=O) groups is 1. The van der Waals surface area contributed by atoms with Crippen LogP contribution in [0.2, 0.25) is 0 Å². The van der Waals surface area contributed by atoms with Gasteiger partial charge in [0.2, 0.25) is 0 Å². The van der Waals surface area contributed by atoms with Crippen LogP contribution in [-0.2, 0) is 11.3 Å². The maximum absolute atomic E-state index is 13.3. The SMILES string of the molecule is CC[C@@H]1C[C@H](C(=O)Cn2ncnn2)[C@@]2(C)CC[C@H]3[C@@H](CC[C@@H]4C[C@](C)(O)CC[C@@H]43)[C@H]12. The van der Waals surface area contributed by atoms with E-state index in [4.69, 9.17) is 0 Å². The fraction of sp³-hybridized carbons (Fsp3) is 0.917. The van der Waals surface area contributed by atoms with Gasteiger partial charge in [0, 0.05) is 5.92 Å². The molecule has 0 aromatic carbocycles. The van der Waals surface area contributed by atoms with Crippen LogP contribution in [0.1, 0.15) is 78.6 Å². The Morgan fingerprint density at radius 2 is 1.93 bits per heavy atom. The molecule has 1 heterocycles. The van der Waals surface area contributed by atoms with E-state index in [1.807, 2.05) is 6.92 Å². The number of tetrazole rings is 1. The Kier molecular flexibility index (Phi) is 5.07. The van der Waals surface area contributed by atoms with Gasteiger partial charge in [-0.2, -0.15) is 4.80 Å². The lowest BCUT2D eigenvalue weighted by Crippen LogP contribution is -2.52. The molecular weight excluding hydrogens is 376 g/mol. The number of hydrogen-bond donors (Lipinski definition) is 1. The highest BCUT2D eigenvalue weighted by atomic mass is 16.3. The molecule has 0 bridgehead atoms. The third-order valence-electron chi connectivity index (χ3n) is 9.98. The molecule has 4 saturated carbocycles. The van der Waals surface area contributed by atoms with E-state index in [9.17, 15) is 9.90 Å². The minimum Gasteiger partial charge on any atom is -0.390 e. The molecule has 6 nitrogen and oxygen atoms in total. The zero-order chi connectivity index (χ0) is 21.1. The van der Waals surface area contributed by atoms with Gasteiger partial charge in [0.05, 0.1) is 5.60 Å². The van der Waals surface area contributed by atoms with Crippen molar-refractivity contribution in [2.75, 3.05) is 0 Å². The van der Waals surface area contributed by atoms with Gasteiger partial charge in [-0.25, -0.2) is 0 Å². The number of fused-ring (bicyclic) bond motifs is 5. The topological polar surface area (TPSA) is 80.9 Å². The van der Waals surface area contributed by atoms with E-state index in [0.29, 0.717) is 23.5 Å². The maximum atomic E-state index is 13.3. The van der Waals surface area contributed by atoms with Gasteiger partial charge < -0.3 is 5.11 Å². The molecule has 4 aliphatic carbocycles. The van der Waals surface area contributed by atoms with Crippen molar-refractivity contribution in [2.45, 2.75) is 90.7 Å². The number of nitrogens with zero attached hydrogens (tertiary/aromatic N) is 4. The van der Waals surface area contributed by atoms with Crippen LogP contribution in [0.3, 0.4) is 0 Å². The molecule has 4 fully saturated rings. The summed E-state index contributed by atoms with van der Waals surface area (Å²) >= 11 is 0. The Balaban J connectivity index is 1.38. The summed E-state index contributed by atoms with van der Waals surface area (Å²) in [5.41, 5.74) is -0.337. The van der Waals surface area contributed by atoms with Gasteiger partial charge in [-0.3, -0.25) is 4.79 Å². The van der Waals surface area contributed by atoms with Crippen LogP contribution < -0.4 is 0 Å².